The molecule has 10 nitrogen and oxygen atoms in total. The van der Waals surface area contributed by atoms with E-state index >= 15 is 0 Å². The van der Waals surface area contributed by atoms with Gasteiger partial charge in [0, 0.05) is 50.2 Å². The van der Waals surface area contributed by atoms with Crippen molar-refractivity contribution < 1.29 is 5.11 Å². The number of nitrogens with one attached hydrogen (secondary N) is 1. The molecular formula is C30H36N8O2. The predicted octanol–water partition coefficient (Wildman–Crippen LogP) is 3.23. The molecule has 3 aliphatic rings. The van der Waals surface area contributed by atoms with Crippen LogP contribution >= 0.6 is 0 Å². The van der Waals surface area contributed by atoms with Gasteiger partial charge in [-0.15, -0.1) is 6.42 Å². The third kappa shape index (κ3) is 4.49. The summed E-state index contributed by atoms with van der Waals surface area (Å²) in [4.78, 5) is 32.3. The van der Waals surface area contributed by atoms with Gasteiger partial charge in [-0.05, 0) is 62.6 Å². The zero-order valence-corrected chi connectivity index (χ0v) is 23.4. The number of anilines is 3. The molecule has 0 bridgehead atoms. The summed E-state index contributed by atoms with van der Waals surface area (Å²) in [6.45, 7) is 8.29. The van der Waals surface area contributed by atoms with Gasteiger partial charge in [0.2, 0.25) is 5.95 Å². The van der Waals surface area contributed by atoms with Crippen molar-refractivity contribution in [3.05, 3.63) is 52.0 Å². The Balaban J connectivity index is 1.35. The number of aryl methyl sites for hydroxylation is 1. The van der Waals surface area contributed by atoms with Crippen LogP contribution in [-0.2, 0) is 6.54 Å². The van der Waals surface area contributed by atoms with Crippen LogP contribution in [0.1, 0.15) is 44.3 Å². The molecule has 10 heteroatoms. The highest BCUT2D eigenvalue weighted by atomic mass is 16.3. The highest BCUT2D eigenvalue weighted by molar-refractivity contribution is 6.08. The maximum absolute atomic E-state index is 13.3. The van der Waals surface area contributed by atoms with Gasteiger partial charge in [-0.25, -0.2) is 14.3 Å². The van der Waals surface area contributed by atoms with Gasteiger partial charge in [0.05, 0.1) is 5.71 Å². The van der Waals surface area contributed by atoms with Crippen molar-refractivity contribution >= 4 is 34.1 Å². The van der Waals surface area contributed by atoms with Gasteiger partial charge in [-0.3, -0.25) is 9.79 Å². The Bertz CT molecular complexity index is 1620. The van der Waals surface area contributed by atoms with E-state index in [1.807, 2.05) is 13.0 Å². The first-order chi connectivity index (χ1) is 19.3. The summed E-state index contributed by atoms with van der Waals surface area (Å²) >= 11 is 0. The van der Waals surface area contributed by atoms with Gasteiger partial charge < -0.3 is 20.2 Å². The first-order valence-electron chi connectivity index (χ1n) is 14.0. The van der Waals surface area contributed by atoms with E-state index in [9.17, 15) is 9.90 Å². The lowest BCUT2D eigenvalue weighted by atomic mass is 9.95. The number of hydrogen-bond donors (Lipinski definition) is 2. The van der Waals surface area contributed by atoms with Crippen molar-refractivity contribution in [2.45, 2.75) is 57.8 Å². The largest absolute Gasteiger partial charge is 0.384 e. The van der Waals surface area contributed by atoms with E-state index in [0.29, 0.717) is 36.2 Å². The maximum Gasteiger partial charge on any atom is 0.278 e. The van der Waals surface area contributed by atoms with Crippen LogP contribution in [0.4, 0.5) is 17.3 Å². The molecular weight excluding hydrogens is 504 g/mol. The topological polar surface area (TPSA) is 104 Å². The van der Waals surface area contributed by atoms with Gasteiger partial charge in [-0.1, -0.05) is 18.9 Å². The number of nitrogens with zero attached hydrogens (tertiary/aromatic N) is 7. The van der Waals surface area contributed by atoms with Crippen molar-refractivity contribution in [2.24, 2.45) is 4.99 Å². The van der Waals surface area contributed by atoms with Crippen molar-refractivity contribution in [3.8, 4) is 12.3 Å². The lowest BCUT2D eigenvalue weighted by Crippen LogP contribution is -2.44. The summed E-state index contributed by atoms with van der Waals surface area (Å²) in [7, 11) is 2.16. The number of aromatic nitrogens is 4. The van der Waals surface area contributed by atoms with E-state index in [1.165, 1.54) is 15.9 Å². The van der Waals surface area contributed by atoms with Crippen LogP contribution in [0.5, 0.6) is 0 Å². The summed E-state index contributed by atoms with van der Waals surface area (Å²) in [6.07, 6.45) is 11.5. The van der Waals surface area contributed by atoms with E-state index in [1.54, 1.807) is 10.9 Å². The molecule has 3 aromatic rings. The molecule has 1 saturated heterocycles. The summed E-state index contributed by atoms with van der Waals surface area (Å²) < 4.78 is 3.28. The lowest BCUT2D eigenvalue weighted by molar-refractivity contribution is 0.108. The Labute approximate surface area is 234 Å². The number of aliphatic imine (C=N–C) groups is 1. The number of likely N-dealkylation sites (N-methyl/N-ethyl adjacent to an activating group) is 1. The third-order valence-corrected chi connectivity index (χ3v) is 8.52. The van der Waals surface area contributed by atoms with Crippen LogP contribution in [0.15, 0.2) is 45.8 Å². The number of rotatable bonds is 6. The second kappa shape index (κ2) is 10.2. The number of dihydropyridines is 1. The number of terminal acetylenes is 1. The maximum atomic E-state index is 13.3. The van der Waals surface area contributed by atoms with E-state index in [-0.39, 0.29) is 12.1 Å². The molecule has 208 valence electrons. The van der Waals surface area contributed by atoms with Crippen molar-refractivity contribution in [1.82, 2.24) is 24.2 Å². The molecule has 2 unspecified atom stereocenters. The molecule has 2 N–H and O–H groups in total. The van der Waals surface area contributed by atoms with E-state index < -0.39 is 11.8 Å². The summed E-state index contributed by atoms with van der Waals surface area (Å²) in [5, 5.41) is 14.9. The predicted molar refractivity (Wildman–Crippen MR) is 158 cm³/mol. The monoisotopic (exact) mass is 540 g/mol. The van der Waals surface area contributed by atoms with Crippen LogP contribution in [-0.4, -0.2) is 73.9 Å². The quantitative estimate of drug-likeness (QED) is 0.463. The highest BCUT2D eigenvalue weighted by Crippen LogP contribution is 2.39. The van der Waals surface area contributed by atoms with E-state index in [2.05, 4.69) is 58.2 Å². The van der Waals surface area contributed by atoms with Crippen LogP contribution in [0.2, 0.25) is 0 Å². The fourth-order valence-electron chi connectivity index (χ4n) is 6.14. The standard InChI is InChI=1S/C30H36N8O2/c1-5-13-37-28(39)23-19-31-29(32-22-8-9-24(20(3)18-22)36-16-14-35(4)15-17-36)34-27(23)38(37)25-10-7-21-11-12-30(40,6-2)26(21)33-25/h1,7-9,18-19,25,40H,6,10-17H2,2-4H3,(H,31,32,34). The molecule has 2 atom stereocenters. The average molecular weight is 541 g/mol. The van der Waals surface area contributed by atoms with Crippen LogP contribution < -0.4 is 15.8 Å². The number of hydrogen-bond acceptors (Lipinski definition) is 8. The summed E-state index contributed by atoms with van der Waals surface area (Å²) in [6, 6.07) is 6.28. The minimum Gasteiger partial charge on any atom is -0.384 e. The van der Waals surface area contributed by atoms with E-state index in [0.717, 1.165) is 49.6 Å². The molecule has 6 rings (SSSR count). The molecule has 2 aliphatic heterocycles. The van der Waals surface area contributed by atoms with Crippen molar-refractivity contribution in [3.63, 3.8) is 0 Å². The van der Waals surface area contributed by atoms with Gasteiger partial charge in [0.15, 0.2) is 5.65 Å². The normalized spacial score (nSPS) is 23.1. The fraction of sp³-hybridized carbons (Fsp3) is 0.467. The zero-order valence-electron chi connectivity index (χ0n) is 23.4. The number of aliphatic hydroxyl groups is 1. The molecule has 1 aliphatic carbocycles. The molecule has 4 heterocycles. The molecule has 1 aromatic carbocycles. The Hall–Kier alpha value is -3.94. The first-order valence-corrected chi connectivity index (χ1v) is 14.0. The zero-order chi connectivity index (χ0) is 28.0. The molecule has 2 fully saturated rings. The Morgan fingerprint density at radius 3 is 2.77 bits per heavy atom. The number of piperazine rings is 1. The molecule has 2 aromatic heterocycles. The Kier molecular flexibility index (Phi) is 6.72. The molecule has 0 radical (unpaired) electrons. The SMILES string of the molecule is C#CCn1c(=O)c2cnc(Nc3ccc(N4CCN(C)CC4)c(C)c3)nc2n1C1CC=C2CCC(O)(CC)C2=N1. The minimum atomic E-state index is -0.944. The Morgan fingerprint density at radius 1 is 1.25 bits per heavy atom. The van der Waals surface area contributed by atoms with Crippen molar-refractivity contribution in [2.75, 3.05) is 43.4 Å². The van der Waals surface area contributed by atoms with E-state index in [4.69, 9.17) is 16.4 Å². The first kappa shape index (κ1) is 26.3. The van der Waals surface area contributed by atoms with Crippen LogP contribution in [0.3, 0.4) is 0 Å². The second-order valence-electron chi connectivity index (χ2n) is 11.1. The molecule has 0 spiro atoms. The smallest absolute Gasteiger partial charge is 0.278 e. The number of fused-ring (bicyclic) bond motifs is 2. The molecule has 0 amide bonds. The minimum absolute atomic E-state index is 0.0842. The van der Waals surface area contributed by atoms with Crippen molar-refractivity contribution in [1.29, 1.82) is 0 Å². The highest BCUT2D eigenvalue weighted by Gasteiger charge is 2.41. The molecule has 1 saturated carbocycles. The van der Waals surface area contributed by atoms with Crippen LogP contribution in [0.25, 0.3) is 11.0 Å². The lowest BCUT2D eigenvalue weighted by Gasteiger charge is -2.35. The summed E-state index contributed by atoms with van der Waals surface area (Å²) in [5.41, 5.74) is 4.36. The second-order valence-corrected chi connectivity index (χ2v) is 11.1. The van der Waals surface area contributed by atoms with Gasteiger partial charge in [0.1, 0.15) is 23.7 Å². The van der Waals surface area contributed by atoms with Gasteiger partial charge in [0.25, 0.3) is 5.56 Å². The van der Waals surface area contributed by atoms with Gasteiger partial charge in [-0.2, -0.15) is 4.98 Å². The fourth-order valence-corrected chi connectivity index (χ4v) is 6.14. The summed E-state index contributed by atoms with van der Waals surface area (Å²) in [5.74, 6) is 2.98. The Morgan fingerprint density at radius 2 is 2.05 bits per heavy atom. The average Bonchev–Trinajstić information content (AvgIpc) is 3.43. The molecule has 40 heavy (non-hydrogen) atoms. The number of benzene rings is 1. The third-order valence-electron chi connectivity index (χ3n) is 8.52. The van der Waals surface area contributed by atoms with Crippen LogP contribution in [0, 0.1) is 19.3 Å². The van der Waals surface area contributed by atoms with Gasteiger partial charge >= 0.3 is 0 Å².